The van der Waals surface area contributed by atoms with Gasteiger partial charge in [-0.1, -0.05) is 31.9 Å². The number of halogens is 2. The Morgan fingerprint density at radius 2 is 2.18 bits per heavy atom. The largest absolute Gasteiger partial charge is 0.462 e. The van der Waals surface area contributed by atoms with E-state index in [1.807, 2.05) is 0 Å². The Hall–Kier alpha value is 0.430. The zero-order valence-corrected chi connectivity index (χ0v) is 9.65. The van der Waals surface area contributed by atoms with Gasteiger partial charge in [0, 0.05) is 17.6 Å². The van der Waals surface area contributed by atoms with Crippen molar-refractivity contribution in [3.63, 3.8) is 0 Å². The number of ether oxygens (including phenoxy) is 1. The first-order valence-corrected chi connectivity index (χ1v) is 5.74. The molecule has 0 aromatic carbocycles. The Balaban J connectivity index is 3.49. The van der Waals surface area contributed by atoms with E-state index in [1.165, 1.54) is 6.92 Å². The van der Waals surface area contributed by atoms with Crippen LogP contribution in [0.15, 0.2) is 0 Å². The Labute approximate surface area is 83.9 Å². The lowest BCUT2D eigenvalue weighted by atomic mass is 10.2. The first-order chi connectivity index (χ1) is 5.20. The minimum absolute atomic E-state index is 0.0325. The minimum atomic E-state index is -0.205. The average Bonchev–Trinajstić information content (AvgIpc) is 1.97. The summed E-state index contributed by atoms with van der Waals surface area (Å²) in [5.41, 5.74) is 0. The molecule has 0 aromatic rings. The molecule has 0 aliphatic rings. The van der Waals surface area contributed by atoms with E-state index in [2.05, 4.69) is 31.9 Å². The van der Waals surface area contributed by atoms with Gasteiger partial charge in [-0.15, -0.1) is 0 Å². The highest BCUT2D eigenvalue weighted by Crippen LogP contribution is 2.07. The summed E-state index contributed by atoms with van der Waals surface area (Å²) in [7, 11) is 0. The maximum absolute atomic E-state index is 10.5. The number of alkyl halides is 2. The smallest absolute Gasteiger partial charge is 0.302 e. The van der Waals surface area contributed by atoms with Crippen molar-refractivity contribution in [3.05, 3.63) is 0 Å². The third-order valence-corrected chi connectivity index (χ3v) is 2.45. The van der Waals surface area contributed by atoms with Gasteiger partial charge >= 0.3 is 5.97 Å². The van der Waals surface area contributed by atoms with Crippen molar-refractivity contribution in [2.24, 2.45) is 0 Å². The Morgan fingerprint density at radius 1 is 1.55 bits per heavy atom. The van der Waals surface area contributed by atoms with Crippen molar-refractivity contribution < 1.29 is 9.53 Å². The molecule has 0 saturated carbocycles. The molecule has 0 saturated heterocycles. The molecule has 0 unspecified atom stereocenters. The quantitative estimate of drug-likeness (QED) is 0.574. The summed E-state index contributed by atoms with van der Waals surface area (Å²) in [6, 6.07) is 0. The Kier molecular flexibility index (Phi) is 7.38. The van der Waals surface area contributed by atoms with Gasteiger partial charge in [0.25, 0.3) is 0 Å². The summed E-state index contributed by atoms with van der Waals surface area (Å²) in [5.74, 6) is -0.205. The summed E-state index contributed by atoms with van der Waals surface area (Å²) >= 11 is 6.60. The second-order valence-electron chi connectivity index (χ2n) is 2.22. The highest BCUT2D eigenvalue weighted by Gasteiger charge is 2.08. The third-order valence-electron chi connectivity index (χ3n) is 1.16. The van der Waals surface area contributed by atoms with Crippen LogP contribution in [-0.2, 0) is 9.53 Å². The lowest BCUT2D eigenvalue weighted by Crippen LogP contribution is -2.17. The molecule has 0 heterocycles. The van der Waals surface area contributed by atoms with Crippen LogP contribution in [0.2, 0.25) is 0 Å². The van der Waals surface area contributed by atoms with Crippen LogP contribution < -0.4 is 0 Å². The molecular weight excluding hydrogens is 276 g/mol. The molecule has 0 spiro atoms. The molecule has 0 N–H and O–H groups in total. The van der Waals surface area contributed by atoms with Gasteiger partial charge in [0.05, 0.1) is 0 Å². The van der Waals surface area contributed by atoms with Crippen molar-refractivity contribution in [3.8, 4) is 0 Å². The predicted octanol–water partition coefficient (Wildman–Crippen LogP) is 2.49. The molecule has 0 fully saturated rings. The first kappa shape index (κ1) is 11.4. The van der Waals surface area contributed by atoms with Gasteiger partial charge in [0.2, 0.25) is 0 Å². The molecule has 0 bridgehead atoms. The van der Waals surface area contributed by atoms with E-state index >= 15 is 0 Å². The van der Waals surface area contributed by atoms with Crippen LogP contribution >= 0.6 is 31.9 Å². The molecule has 0 aromatic heterocycles. The van der Waals surface area contributed by atoms with Crippen molar-refractivity contribution in [1.29, 1.82) is 0 Å². The highest BCUT2D eigenvalue weighted by atomic mass is 79.9. The molecule has 0 rings (SSSR count). The summed E-state index contributed by atoms with van der Waals surface area (Å²) in [4.78, 5) is 10.5. The second kappa shape index (κ2) is 7.10. The Bertz CT molecular complexity index is 117. The number of carbonyl (C=O) groups is 1. The monoisotopic (exact) mass is 286 g/mol. The summed E-state index contributed by atoms with van der Waals surface area (Å²) in [6.45, 7) is 1.43. The van der Waals surface area contributed by atoms with E-state index in [0.717, 1.165) is 23.5 Å². The molecule has 2 nitrogen and oxygen atoms in total. The molecule has 1 atom stereocenters. The standard InChI is InChI=1S/C7H12Br2O2/c1-6(10)11-7(5-9)3-2-4-8/h7H,2-5H2,1H3/t7-/m1/s1. The van der Waals surface area contributed by atoms with Crippen LogP contribution in [0.25, 0.3) is 0 Å². The maximum atomic E-state index is 10.5. The first-order valence-electron chi connectivity index (χ1n) is 3.49. The van der Waals surface area contributed by atoms with E-state index in [0.29, 0.717) is 0 Å². The van der Waals surface area contributed by atoms with E-state index < -0.39 is 0 Å². The summed E-state index contributed by atoms with van der Waals surface area (Å²) < 4.78 is 4.99. The molecule has 11 heavy (non-hydrogen) atoms. The number of hydrogen-bond donors (Lipinski definition) is 0. The molecule has 0 aliphatic heterocycles. The number of esters is 1. The lowest BCUT2D eigenvalue weighted by molar-refractivity contribution is -0.145. The van der Waals surface area contributed by atoms with Crippen LogP contribution in [0.1, 0.15) is 19.8 Å². The van der Waals surface area contributed by atoms with Crippen LogP contribution in [-0.4, -0.2) is 22.7 Å². The van der Waals surface area contributed by atoms with Crippen molar-refractivity contribution >= 4 is 37.8 Å². The average molecular weight is 288 g/mol. The van der Waals surface area contributed by atoms with Crippen LogP contribution in [0, 0.1) is 0 Å². The third kappa shape index (κ3) is 6.81. The van der Waals surface area contributed by atoms with Crippen LogP contribution in [0.5, 0.6) is 0 Å². The fraction of sp³-hybridized carbons (Fsp3) is 0.857. The predicted molar refractivity (Wildman–Crippen MR) is 52.4 cm³/mol. The number of carbonyl (C=O) groups excluding carboxylic acids is 1. The van der Waals surface area contributed by atoms with Crippen LogP contribution in [0.4, 0.5) is 0 Å². The van der Waals surface area contributed by atoms with E-state index in [9.17, 15) is 4.79 Å². The fourth-order valence-electron chi connectivity index (χ4n) is 0.707. The van der Waals surface area contributed by atoms with Gasteiger partial charge in [-0.3, -0.25) is 4.79 Å². The molecule has 4 heteroatoms. The van der Waals surface area contributed by atoms with Gasteiger partial charge in [-0.05, 0) is 12.8 Å². The normalized spacial score (nSPS) is 12.6. The minimum Gasteiger partial charge on any atom is -0.462 e. The van der Waals surface area contributed by atoms with E-state index in [-0.39, 0.29) is 12.1 Å². The van der Waals surface area contributed by atoms with Crippen molar-refractivity contribution in [2.45, 2.75) is 25.9 Å². The maximum Gasteiger partial charge on any atom is 0.302 e. The molecule has 0 radical (unpaired) electrons. The topological polar surface area (TPSA) is 26.3 Å². The van der Waals surface area contributed by atoms with Gasteiger partial charge in [-0.2, -0.15) is 0 Å². The van der Waals surface area contributed by atoms with Crippen LogP contribution in [0.3, 0.4) is 0 Å². The zero-order chi connectivity index (χ0) is 8.69. The number of hydrogen-bond acceptors (Lipinski definition) is 2. The highest BCUT2D eigenvalue weighted by molar-refractivity contribution is 9.09. The van der Waals surface area contributed by atoms with E-state index in [4.69, 9.17) is 4.74 Å². The lowest BCUT2D eigenvalue weighted by Gasteiger charge is -2.12. The van der Waals surface area contributed by atoms with Gasteiger partial charge < -0.3 is 4.74 Å². The fourth-order valence-corrected chi connectivity index (χ4v) is 1.49. The summed E-state index contributed by atoms with van der Waals surface area (Å²) in [5, 5.41) is 1.68. The van der Waals surface area contributed by atoms with Crippen molar-refractivity contribution in [1.82, 2.24) is 0 Å². The van der Waals surface area contributed by atoms with E-state index in [1.54, 1.807) is 0 Å². The SMILES string of the molecule is CC(=O)O[C@@H](CBr)CCCBr. The Morgan fingerprint density at radius 3 is 2.55 bits per heavy atom. The summed E-state index contributed by atoms with van der Waals surface area (Å²) in [6.07, 6.45) is 1.98. The molecular formula is C7H12Br2O2. The molecule has 0 aliphatic carbocycles. The van der Waals surface area contributed by atoms with Gasteiger partial charge in [0.1, 0.15) is 6.10 Å². The molecule has 0 amide bonds. The number of rotatable bonds is 5. The van der Waals surface area contributed by atoms with Gasteiger partial charge in [-0.25, -0.2) is 0 Å². The van der Waals surface area contributed by atoms with Gasteiger partial charge in [0.15, 0.2) is 0 Å². The molecule has 66 valence electrons. The zero-order valence-electron chi connectivity index (χ0n) is 6.48. The second-order valence-corrected chi connectivity index (χ2v) is 3.66. The van der Waals surface area contributed by atoms with Crippen molar-refractivity contribution in [2.75, 3.05) is 10.7 Å².